The Morgan fingerprint density at radius 1 is 1.60 bits per heavy atom. The lowest BCUT2D eigenvalue weighted by Gasteiger charge is -2.16. The molecule has 82 valence electrons. The van der Waals surface area contributed by atoms with E-state index in [1.165, 1.54) is 0 Å². The number of nitrogens with one attached hydrogen (secondary N) is 1. The second-order valence-electron chi connectivity index (χ2n) is 3.25. The summed E-state index contributed by atoms with van der Waals surface area (Å²) < 4.78 is 0.813. The van der Waals surface area contributed by atoms with Gasteiger partial charge in [0.2, 0.25) is 0 Å². The van der Waals surface area contributed by atoms with E-state index in [0.29, 0.717) is 5.02 Å². The third-order valence-electron chi connectivity index (χ3n) is 2.19. The highest BCUT2D eigenvalue weighted by Crippen LogP contribution is 2.30. The molecule has 0 spiro atoms. The van der Waals surface area contributed by atoms with Gasteiger partial charge in [-0.25, -0.2) is 4.79 Å². The number of carbonyl (C=O) groups is 1. The highest BCUT2D eigenvalue weighted by molar-refractivity contribution is 9.10. The van der Waals surface area contributed by atoms with Crippen LogP contribution in [-0.4, -0.2) is 11.2 Å². The van der Waals surface area contributed by atoms with Gasteiger partial charge in [-0.15, -0.1) is 0 Å². The molecule has 0 aliphatic rings. The van der Waals surface area contributed by atoms with Crippen molar-refractivity contribution < 1.29 is 9.90 Å². The van der Waals surface area contributed by atoms with E-state index in [1.54, 1.807) is 6.92 Å². The Morgan fingerprint density at radius 3 is 2.73 bits per heavy atom. The number of hydrogen-bond acceptors (Lipinski definition) is 1. The monoisotopic (exact) mass is 291 g/mol. The molecule has 0 fully saturated rings. The van der Waals surface area contributed by atoms with Crippen LogP contribution in [0, 0.1) is 6.92 Å². The maximum atomic E-state index is 10.5. The molecule has 2 N–H and O–H groups in total. The third-order valence-corrected chi connectivity index (χ3v) is 3.56. The van der Waals surface area contributed by atoms with Gasteiger partial charge < -0.3 is 10.4 Å². The van der Waals surface area contributed by atoms with Crippen LogP contribution >= 0.6 is 27.5 Å². The summed E-state index contributed by atoms with van der Waals surface area (Å²) in [6.45, 7) is 3.64. The van der Waals surface area contributed by atoms with Gasteiger partial charge in [-0.3, -0.25) is 0 Å². The molecule has 0 bridgehead atoms. The minimum Gasteiger partial charge on any atom is -0.465 e. The molecule has 15 heavy (non-hydrogen) atoms. The first kappa shape index (κ1) is 12.3. The quantitative estimate of drug-likeness (QED) is 0.872. The van der Waals surface area contributed by atoms with Crippen molar-refractivity contribution in [2.75, 3.05) is 0 Å². The number of amides is 1. The van der Waals surface area contributed by atoms with Crippen molar-refractivity contribution in [1.29, 1.82) is 0 Å². The summed E-state index contributed by atoms with van der Waals surface area (Å²) in [6, 6.07) is 3.39. The van der Waals surface area contributed by atoms with Crippen LogP contribution in [0.5, 0.6) is 0 Å². The highest BCUT2D eigenvalue weighted by atomic mass is 79.9. The fourth-order valence-corrected chi connectivity index (χ4v) is 2.00. The number of rotatable bonds is 2. The molecule has 0 saturated carbocycles. The molecular weight excluding hydrogens is 281 g/mol. The zero-order chi connectivity index (χ0) is 11.6. The van der Waals surface area contributed by atoms with Gasteiger partial charge in [-0.05, 0) is 47.0 Å². The zero-order valence-electron chi connectivity index (χ0n) is 8.34. The standard InChI is InChI=1S/C10H11BrClNO2/c1-5-7(6(2)13-10(14)15)3-4-8(11)9(5)12/h3-4,6,13H,1-2H3,(H,14,15). The Morgan fingerprint density at radius 2 is 2.20 bits per heavy atom. The largest absolute Gasteiger partial charge is 0.465 e. The fraction of sp³-hybridized carbons (Fsp3) is 0.300. The second-order valence-corrected chi connectivity index (χ2v) is 4.48. The van der Waals surface area contributed by atoms with Crippen LogP contribution in [0.1, 0.15) is 24.1 Å². The molecule has 0 heterocycles. The van der Waals surface area contributed by atoms with E-state index in [0.717, 1.165) is 15.6 Å². The smallest absolute Gasteiger partial charge is 0.405 e. The Hall–Kier alpha value is -0.740. The van der Waals surface area contributed by atoms with Crippen molar-refractivity contribution in [3.63, 3.8) is 0 Å². The van der Waals surface area contributed by atoms with Gasteiger partial charge in [0, 0.05) is 4.47 Å². The molecule has 0 aromatic heterocycles. The lowest BCUT2D eigenvalue weighted by Crippen LogP contribution is -2.25. The fourth-order valence-electron chi connectivity index (χ4n) is 1.40. The molecule has 0 radical (unpaired) electrons. The molecule has 0 saturated heterocycles. The van der Waals surface area contributed by atoms with Crippen LogP contribution < -0.4 is 5.32 Å². The molecule has 5 heteroatoms. The molecule has 0 aliphatic heterocycles. The molecule has 1 amide bonds. The minimum atomic E-state index is -1.04. The van der Waals surface area contributed by atoms with Crippen molar-refractivity contribution in [1.82, 2.24) is 5.32 Å². The maximum absolute atomic E-state index is 10.5. The summed E-state index contributed by atoms with van der Waals surface area (Å²) in [5, 5.41) is 11.6. The van der Waals surface area contributed by atoms with Crippen molar-refractivity contribution >= 4 is 33.6 Å². The molecule has 1 aromatic carbocycles. The Balaban J connectivity index is 3.05. The van der Waals surface area contributed by atoms with Crippen LogP contribution in [0.25, 0.3) is 0 Å². The number of hydrogen-bond donors (Lipinski definition) is 2. The highest BCUT2D eigenvalue weighted by Gasteiger charge is 2.13. The summed E-state index contributed by atoms with van der Waals surface area (Å²) in [7, 11) is 0. The van der Waals surface area contributed by atoms with Gasteiger partial charge in [0.1, 0.15) is 0 Å². The van der Waals surface area contributed by atoms with Gasteiger partial charge in [0.05, 0.1) is 11.1 Å². The predicted molar refractivity (Wildman–Crippen MR) is 63.5 cm³/mol. The van der Waals surface area contributed by atoms with Gasteiger partial charge in [0.15, 0.2) is 0 Å². The van der Waals surface area contributed by atoms with Crippen LogP contribution in [0.15, 0.2) is 16.6 Å². The summed E-state index contributed by atoms with van der Waals surface area (Å²) in [5.74, 6) is 0. The van der Waals surface area contributed by atoms with E-state index in [2.05, 4.69) is 21.2 Å². The van der Waals surface area contributed by atoms with Gasteiger partial charge in [-0.1, -0.05) is 17.7 Å². The molecule has 1 rings (SSSR count). The lowest BCUT2D eigenvalue weighted by atomic mass is 10.0. The summed E-state index contributed by atoms with van der Waals surface area (Å²) in [5.41, 5.74) is 1.76. The lowest BCUT2D eigenvalue weighted by molar-refractivity contribution is 0.191. The van der Waals surface area contributed by atoms with Crippen molar-refractivity contribution in [3.8, 4) is 0 Å². The number of carboxylic acid groups (broad SMARTS) is 1. The third kappa shape index (κ3) is 2.86. The van der Waals surface area contributed by atoms with E-state index < -0.39 is 6.09 Å². The van der Waals surface area contributed by atoms with Crippen LogP contribution in [-0.2, 0) is 0 Å². The molecule has 1 unspecified atom stereocenters. The van der Waals surface area contributed by atoms with Gasteiger partial charge >= 0.3 is 6.09 Å². The van der Waals surface area contributed by atoms with E-state index in [-0.39, 0.29) is 6.04 Å². The van der Waals surface area contributed by atoms with Crippen LogP contribution in [0.2, 0.25) is 5.02 Å². The van der Waals surface area contributed by atoms with Crippen molar-refractivity contribution in [3.05, 3.63) is 32.8 Å². The van der Waals surface area contributed by atoms with Crippen LogP contribution in [0.4, 0.5) is 4.79 Å². The normalized spacial score (nSPS) is 12.3. The number of halogens is 2. The summed E-state index contributed by atoms with van der Waals surface area (Å²) in [4.78, 5) is 10.5. The van der Waals surface area contributed by atoms with E-state index in [9.17, 15) is 4.79 Å². The number of benzene rings is 1. The molecule has 1 atom stereocenters. The van der Waals surface area contributed by atoms with Gasteiger partial charge in [-0.2, -0.15) is 0 Å². The Labute approximate surface area is 102 Å². The second kappa shape index (κ2) is 4.86. The molecule has 0 aliphatic carbocycles. The maximum Gasteiger partial charge on any atom is 0.405 e. The predicted octanol–water partition coefficient (Wildman–Crippen LogP) is 3.74. The average Bonchev–Trinajstić information content (AvgIpc) is 2.13. The molecule has 1 aromatic rings. The molecular formula is C10H11BrClNO2. The Kier molecular flexibility index (Phi) is 3.99. The minimum absolute atomic E-state index is 0.270. The summed E-state index contributed by atoms with van der Waals surface area (Å²) in [6.07, 6.45) is -1.04. The first-order chi connectivity index (χ1) is 6.93. The van der Waals surface area contributed by atoms with Crippen LogP contribution in [0.3, 0.4) is 0 Å². The molecule has 3 nitrogen and oxygen atoms in total. The zero-order valence-corrected chi connectivity index (χ0v) is 10.7. The first-order valence-electron chi connectivity index (χ1n) is 4.37. The summed E-state index contributed by atoms with van der Waals surface area (Å²) >= 11 is 9.35. The first-order valence-corrected chi connectivity index (χ1v) is 5.54. The van der Waals surface area contributed by atoms with E-state index in [4.69, 9.17) is 16.7 Å². The topological polar surface area (TPSA) is 49.3 Å². The SMILES string of the molecule is Cc1c(C(C)NC(=O)O)ccc(Br)c1Cl. The average molecular weight is 293 g/mol. The van der Waals surface area contributed by atoms with Crippen molar-refractivity contribution in [2.24, 2.45) is 0 Å². The van der Waals surface area contributed by atoms with E-state index in [1.807, 2.05) is 19.1 Å². The van der Waals surface area contributed by atoms with E-state index >= 15 is 0 Å². The van der Waals surface area contributed by atoms with Gasteiger partial charge in [0.25, 0.3) is 0 Å². The van der Waals surface area contributed by atoms with Crippen molar-refractivity contribution in [2.45, 2.75) is 19.9 Å². The Bertz CT molecular complexity index is 395.